The first-order valence-electron chi connectivity index (χ1n) is 6.27. The summed E-state index contributed by atoms with van der Waals surface area (Å²) in [6.07, 6.45) is 4.77. The molecule has 5 nitrogen and oxygen atoms in total. The Hall–Kier alpha value is -0.810. The second-order valence-corrected chi connectivity index (χ2v) is 4.23. The van der Waals surface area contributed by atoms with Crippen molar-refractivity contribution < 1.29 is 4.79 Å². The smallest absolute Gasteiger partial charge is 0.314 e. The van der Waals surface area contributed by atoms with E-state index in [2.05, 4.69) is 15.5 Å². The van der Waals surface area contributed by atoms with E-state index in [0.717, 1.165) is 19.5 Å². The quantitative estimate of drug-likeness (QED) is 0.566. The van der Waals surface area contributed by atoms with E-state index in [-0.39, 0.29) is 6.03 Å². The van der Waals surface area contributed by atoms with E-state index in [1.54, 1.807) is 0 Å². The molecule has 1 heterocycles. The van der Waals surface area contributed by atoms with Crippen LogP contribution in [0.3, 0.4) is 0 Å². The number of likely N-dealkylation sites (tertiary alicyclic amines) is 1. The number of nitrogens with zero attached hydrogens (tertiary/aromatic N) is 1. The molecule has 16 heavy (non-hydrogen) atoms. The number of carbonyl (C=O) groups excluding carboxylic acids is 1. The van der Waals surface area contributed by atoms with Crippen LogP contribution in [-0.2, 0) is 0 Å². The molecule has 0 saturated carbocycles. The van der Waals surface area contributed by atoms with Crippen molar-refractivity contribution in [3.63, 3.8) is 0 Å². The number of amides is 2. The van der Waals surface area contributed by atoms with Crippen LogP contribution in [0, 0.1) is 0 Å². The van der Waals surface area contributed by atoms with Gasteiger partial charge in [-0.3, -0.25) is 0 Å². The molecule has 0 aliphatic carbocycles. The average molecular weight is 228 g/mol. The molecule has 0 bridgehead atoms. The van der Waals surface area contributed by atoms with Crippen molar-refractivity contribution in [3.05, 3.63) is 0 Å². The number of carbonyl (C=O) groups is 1. The molecule has 1 aliphatic rings. The summed E-state index contributed by atoms with van der Waals surface area (Å²) in [5.74, 6) is 0. The fourth-order valence-electron chi connectivity index (χ4n) is 1.88. The third-order valence-electron chi connectivity index (χ3n) is 2.83. The van der Waals surface area contributed by atoms with Gasteiger partial charge in [0.1, 0.15) is 0 Å². The number of hydrogen-bond acceptors (Lipinski definition) is 3. The number of nitrogens with two attached hydrogens (primary N) is 1. The first-order chi connectivity index (χ1) is 7.83. The van der Waals surface area contributed by atoms with Gasteiger partial charge in [-0.05, 0) is 38.9 Å². The summed E-state index contributed by atoms with van der Waals surface area (Å²) in [5, 5.41) is 5.63. The third-order valence-corrected chi connectivity index (χ3v) is 2.83. The summed E-state index contributed by atoms with van der Waals surface area (Å²) in [5.41, 5.74) is 5.33. The van der Waals surface area contributed by atoms with Gasteiger partial charge in [-0.1, -0.05) is 6.42 Å². The Morgan fingerprint density at radius 3 is 2.50 bits per heavy atom. The molecule has 1 fully saturated rings. The predicted octanol–water partition coefficient (Wildman–Crippen LogP) is 0.120. The minimum absolute atomic E-state index is 0.0783. The maximum Gasteiger partial charge on any atom is 0.314 e. The van der Waals surface area contributed by atoms with Crippen molar-refractivity contribution >= 4 is 6.03 Å². The Bertz CT molecular complexity index is 192. The Balaban J connectivity index is 1.94. The van der Waals surface area contributed by atoms with Crippen LogP contribution in [-0.4, -0.2) is 50.2 Å². The summed E-state index contributed by atoms with van der Waals surface area (Å²) in [6, 6.07) is -0.0783. The molecule has 0 aromatic heterocycles. The van der Waals surface area contributed by atoms with Gasteiger partial charge in [0, 0.05) is 19.6 Å². The van der Waals surface area contributed by atoms with Gasteiger partial charge in [-0.25, -0.2) is 4.79 Å². The lowest BCUT2D eigenvalue weighted by atomic mass is 10.1. The summed E-state index contributed by atoms with van der Waals surface area (Å²) in [4.78, 5) is 13.7. The van der Waals surface area contributed by atoms with E-state index in [4.69, 9.17) is 5.73 Å². The molecular weight excluding hydrogens is 204 g/mol. The zero-order chi connectivity index (χ0) is 11.6. The molecular formula is C11H24N4O. The van der Waals surface area contributed by atoms with Crippen LogP contribution >= 0.6 is 0 Å². The lowest BCUT2D eigenvalue weighted by Crippen LogP contribution is -2.42. The van der Waals surface area contributed by atoms with Crippen LogP contribution in [0.1, 0.15) is 25.7 Å². The van der Waals surface area contributed by atoms with Crippen LogP contribution in [0.5, 0.6) is 0 Å². The van der Waals surface area contributed by atoms with Gasteiger partial charge in [-0.2, -0.15) is 0 Å². The second-order valence-electron chi connectivity index (χ2n) is 4.23. The highest BCUT2D eigenvalue weighted by Crippen LogP contribution is 2.07. The van der Waals surface area contributed by atoms with Gasteiger partial charge in [0.15, 0.2) is 0 Å². The second kappa shape index (κ2) is 8.35. The summed E-state index contributed by atoms with van der Waals surface area (Å²) >= 11 is 0. The third kappa shape index (κ3) is 5.92. The van der Waals surface area contributed by atoms with Crippen LogP contribution in [0.15, 0.2) is 0 Å². The lowest BCUT2D eigenvalue weighted by Gasteiger charge is -2.26. The SMILES string of the molecule is NCCCNC(=O)NCCN1CCCCC1. The monoisotopic (exact) mass is 228 g/mol. The van der Waals surface area contributed by atoms with Crippen molar-refractivity contribution in [1.29, 1.82) is 0 Å². The summed E-state index contributed by atoms with van der Waals surface area (Å²) in [6.45, 7) is 5.33. The molecule has 0 unspecified atom stereocenters. The molecule has 0 aromatic rings. The van der Waals surface area contributed by atoms with Gasteiger partial charge in [0.2, 0.25) is 0 Å². The van der Waals surface area contributed by atoms with Crippen molar-refractivity contribution in [3.8, 4) is 0 Å². The molecule has 2 amide bonds. The molecule has 94 valence electrons. The first-order valence-corrected chi connectivity index (χ1v) is 6.27. The molecule has 0 radical (unpaired) electrons. The summed E-state index contributed by atoms with van der Waals surface area (Å²) in [7, 11) is 0. The van der Waals surface area contributed by atoms with Gasteiger partial charge in [-0.15, -0.1) is 0 Å². The van der Waals surface area contributed by atoms with Crippen LogP contribution in [0.2, 0.25) is 0 Å². The molecule has 0 spiro atoms. The molecule has 4 N–H and O–H groups in total. The fourth-order valence-corrected chi connectivity index (χ4v) is 1.88. The van der Waals surface area contributed by atoms with Gasteiger partial charge in [0.05, 0.1) is 0 Å². The van der Waals surface area contributed by atoms with E-state index < -0.39 is 0 Å². The topological polar surface area (TPSA) is 70.4 Å². The maximum atomic E-state index is 11.3. The van der Waals surface area contributed by atoms with Gasteiger partial charge < -0.3 is 21.3 Å². The van der Waals surface area contributed by atoms with E-state index in [0.29, 0.717) is 13.1 Å². The first kappa shape index (κ1) is 13.3. The normalized spacial score (nSPS) is 17.1. The van der Waals surface area contributed by atoms with Crippen LogP contribution < -0.4 is 16.4 Å². The van der Waals surface area contributed by atoms with Crippen molar-refractivity contribution in [2.75, 3.05) is 39.3 Å². The predicted molar refractivity (Wildman–Crippen MR) is 65.4 cm³/mol. The van der Waals surface area contributed by atoms with Crippen molar-refractivity contribution in [2.45, 2.75) is 25.7 Å². The minimum Gasteiger partial charge on any atom is -0.338 e. The van der Waals surface area contributed by atoms with Gasteiger partial charge >= 0.3 is 6.03 Å². The zero-order valence-corrected chi connectivity index (χ0v) is 10.0. The summed E-state index contributed by atoms with van der Waals surface area (Å²) < 4.78 is 0. The standard InChI is InChI=1S/C11H24N4O/c12-5-4-6-13-11(16)14-7-10-15-8-2-1-3-9-15/h1-10,12H2,(H2,13,14,16). The van der Waals surface area contributed by atoms with E-state index >= 15 is 0 Å². The van der Waals surface area contributed by atoms with Gasteiger partial charge in [0.25, 0.3) is 0 Å². The Kier molecular flexibility index (Phi) is 6.92. The van der Waals surface area contributed by atoms with E-state index in [1.165, 1.54) is 32.4 Å². The minimum atomic E-state index is -0.0783. The Morgan fingerprint density at radius 2 is 1.81 bits per heavy atom. The van der Waals surface area contributed by atoms with Crippen molar-refractivity contribution in [2.24, 2.45) is 5.73 Å². The number of rotatable bonds is 6. The van der Waals surface area contributed by atoms with Crippen molar-refractivity contribution in [1.82, 2.24) is 15.5 Å². The molecule has 1 saturated heterocycles. The van der Waals surface area contributed by atoms with E-state index in [1.807, 2.05) is 0 Å². The number of nitrogens with one attached hydrogen (secondary N) is 2. The maximum absolute atomic E-state index is 11.3. The Morgan fingerprint density at radius 1 is 1.12 bits per heavy atom. The average Bonchev–Trinajstić information content (AvgIpc) is 2.31. The molecule has 1 rings (SSSR count). The fraction of sp³-hybridized carbons (Fsp3) is 0.909. The van der Waals surface area contributed by atoms with Crippen LogP contribution in [0.4, 0.5) is 4.79 Å². The molecule has 5 heteroatoms. The Labute approximate surface area is 97.7 Å². The molecule has 0 aromatic carbocycles. The molecule has 1 aliphatic heterocycles. The lowest BCUT2D eigenvalue weighted by molar-refractivity contribution is 0.220. The highest BCUT2D eigenvalue weighted by molar-refractivity contribution is 5.73. The van der Waals surface area contributed by atoms with E-state index in [9.17, 15) is 4.79 Å². The number of piperidine rings is 1. The van der Waals surface area contributed by atoms with Crippen LogP contribution in [0.25, 0.3) is 0 Å². The highest BCUT2D eigenvalue weighted by atomic mass is 16.2. The highest BCUT2D eigenvalue weighted by Gasteiger charge is 2.09. The number of urea groups is 1. The number of hydrogen-bond donors (Lipinski definition) is 3. The molecule has 0 atom stereocenters. The zero-order valence-electron chi connectivity index (χ0n) is 10.0. The largest absolute Gasteiger partial charge is 0.338 e.